The number of hydrogen-bond donors (Lipinski definition) is 0. The molecular formula is C14H10ClN5OS. The van der Waals surface area contributed by atoms with Crippen LogP contribution in [0.1, 0.15) is 11.5 Å². The third-order valence-corrected chi connectivity index (χ3v) is 4.34. The van der Waals surface area contributed by atoms with Gasteiger partial charge in [-0.3, -0.25) is 0 Å². The molecule has 0 saturated carbocycles. The summed E-state index contributed by atoms with van der Waals surface area (Å²) in [6, 6.07) is 7.20. The molecule has 0 atom stereocenters. The highest BCUT2D eigenvalue weighted by molar-refractivity contribution is 7.99. The van der Waals surface area contributed by atoms with Crippen molar-refractivity contribution in [3.05, 3.63) is 40.9 Å². The molecule has 0 bridgehead atoms. The Bertz CT molecular complexity index is 880. The largest absolute Gasteiger partial charge is 0.469 e. The van der Waals surface area contributed by atoms with E-state index < -0.39 is 0 Å². The zero-order chi connectivity index (χ0) is 15.7. The molecule has 0 aromatic carbocycles. The highest BCUT2D eigenvalue weighted by atomic mass is 35.5. The van der Waals surface area contributed by atoms with Crippen molar-refractivity contribution < 1.29 is 4.42 Å². The SMILES string of the molecule is Cc1occc1-c1nnc(Sc2ccc(Cl)c(C#N)n2)n1C. The van der Waals surface area contributed by atoms with Gasteiger partial charge in [-0.15, -0.1) is 10.2 Å². The quantitative estimate of drug-likeness (QED) is 0.731. The van der Waals surface area contributed by atoms with Gasteiger partial charge in [0, 0.05) is 7.05 Å². The van der Waals surface area contributed by atoms with Crippen LogP contribution < -0.4 is 0 Å². The molecule has 8 heteroatoms. The molecule has 6 nitrogen and oxygen atoms in total. The van der Waals surface area contributed by atoms with E-state index in [9.17, 15) is 0 Å². The van der Waals surface area contributed by atoms with Gasteiger partial charge in [0.2, 0.25) is 0 Å². The number of hydrogen-bond acceptors (Lipinski definition) is 6. The van der Waals surface area contributed by atoms with Gasteiger partial charge in [0.05, 0.1) is 16.8 Å². The maximum absolute atomic E-state index is 8.97. The standard InChI is InChI=1S/C14H10ClN5OS/c1-8-9(5-6-21-8)13-18-19-14(20(13)2)22-12-4-3-10(15)11(7-16)17-12/h3-6H,1-2H3. The Labute approximate surface area is 135 Å². The molecule has 110 valence electrons. The number of aromatic nitrogens is 4. The van der Waals surface area contributed by atoms with E-state index in [1.807, 2.05) is 30.7 Å². The molecule has 0 N–H and O–H groups in total. The van der Waals surface area contributed by atoms with E-state index in [4.69, 9.17) is 21.3 Å². The Balaban J connectivity index is 1.93. The summed E-state index contributed by atoms with van der Waals surface area (Å²) in [7, 11) is 1.87. The van der Waals surface area contributed by atoms with Gasteiger partial charge in [-0.1, -0.05) is 11.6 Å². The summed E-state index contributed by atoms with van der Waals surface area (Å²) in [6.45, 7) is 1.87. The van der Waals surface area contributed by atoms with Gasteiger partial charge in [-0.25, -0.2) is 4.98 Å². The maximum Gasteiger partial charge on any atom is 0.197 e. The zero-order valence-corrected chi connectivity index (χ0v) is 13.3. The summed E-state index contributed by atoms with van der Waals surface area (Å²) in [4.78, 5) is 4.19. The van der Waals surface area contributed by atoms with E-state index in [1.165, 1.54) is 11.8 Å². The van der Waals surface area contributed by atoms with Crippen molar-refractivity contribution >= 4 is 23.4 Å². The van der Waals surface area contributed by atoms with Crippen molar-refractivity contribution in [1.29, 1.82) is 5.26 Å². The molecule has 0 fully saturated rings. The van der Waals surface area contributed by atoms with Gasteiger partial charge in [-0.2, -0.15) is 5.26 Å². The second kappa shape index (κ2) is 5.83. The maximum atomic E-state index is 8.97. The lowest BCUT2D eigenvalue weighted by Gasteiger charge is -2.03. The van der Waals surface area contributed by atoms with Crippen LogP contribution >= 0.6 is 23.4 Å². The second-order valence-corrected chi connectivity index (χ2v) is 5.84. The Morgan fingerprint density at radius 3 is 2.82 bits per heavy atom. The monoisotopic (exact) mass is 331 g/mol. The normalized spacial score (nSPS) is 10.6. The molecule has 0 aliphatic carbocycles. The van der Waals surface area contributed by atoms with E-state index in [0.717, 1.165) is 11.3 Å². The highest BCUT2D eigenvalue weighted by Gasteiger charge is 2.16. The molecule has 0 radical (unpaired) electrons. The van der Waals surface area contributed by atoms with Crippen LogP contribution in [0.3, 0.4) is 0 Å². The lowest BCUT2D eigenvalue weighted by Crippen LogP contribution is -1.95. The molecule has 22 heavy (non-hydrogen) atoms. The Morgan fingerprint density at radius 1 is 1.32 bits per heavy atom. The minimum Gasteiger partial charge on any atom is -0.469 e. The fourth-order valence-electron chi connectivity index (χ4n) is 1.91. The second-order valence-electron chi connectivity index (χ2n) is 4.45. The first-order chi connectivity index (χ1) is 10.6. The summed E-state index contributed by atoms with van der Waals surface area (Å²) in [5.41, 5.74) is 1.09. The molecule has 0 saturated heterocycles. The topological polar surface area (TPSA) is 80.5 Å². The molecule has 3 aromatic heterocycles. The van der Waals surface area contributed by atoms with Crippen molar-refractivity contribution in [2.45, 2.75) is 17.1 Å². The summed E-state index contributed by atoms with van der Waals surface area (Å²) < 4.78 is 7.15. The van der Waals surface area contributed by atoms with E-state index in [2.05, 4.69) is 15.2 Å². The Kier molecular flexibility index (Phi) is 3.88. The van der Waals surface area contributed by atoms with Crippen LogP contribution in [-0.4, -0.2) is 19.7 Å². The van der Waals surface area contributed by atoms with Crippen LogP contribution in [0.2, 0.25) is 5.02 Å². The van der Waals surface area contributed by atoms with Gasteiger partial charge < -0.3 is 8.98 Å². The lowest BCUT2D eigenvalue weighted by atomic mass is 10.2. The van der Waals surface area contributed by atoms with Crippen LogP contribution in [0.5, 0.6) is 0 Å². The van der Waals surface area contributed by atoms with Gasteiger partial charge in [-0.05, 0) is 36.9 Å². The molecule has 0 spiro atoms. The summed E-state index contributed by atoms with van der Waals surface area (Å²) >= 11 is 7.20. The minimum atomic E-state index is 0.194. The van der Waals surface area contributed by atoms with E-state index in [0.29, 0.717) is 21.0 Å². The number of rotatable bonds is 3. The van der Waals surface area contributed by atoms with Crippen LogP contribution in [-0.2, 0) is 7.05 Å². The van der Waals surface area contributed by atoms with Crippen molar-refractivity contribution in [2.24, 2.45) is 7.05 Å². The first-order valence-corrected chi connectivity index (χ1v) is 7.48. The Morgan fingerprint density at radius 2 is 2.14 bits per heavy atom. The molecule has 0 aliphatic heterocycles. The summed E-state index contributed by atoms with van der Waals surface area (Å²) in [6.07, 6.45) is 1.62. The van der Waals surface area contributed by atoms with Gasteiger partial charge in [0.1, 0.15) is 16.9 Å². The minimum absolute atomic E-state index is 0.194. The van der Waals surface area contributed by atoms with Gasteiger partial charge in [0.15, 0.2) is 16.7 Å². The van der Waals surface area contributed by atoms with E-state index >= 15 is 0 Å². The fraction of sp³-hybridized carbons (Fsp3) is 0.143. The van der Waals surface area contributed by atoms with Crippen molar-refractivity contribution in [3.8, 4) is 17.5 Å². The lowest BCUT2D eigenvalue weighted by molar-refractivity contribution is 0.534. The van der Waals surface area contributed by atoms with Crippen LogP contribution in [0, 0.1) is 18.3 Å². The van der Waals surface area contributed by atoms with E-state index in [-0.39, 0.29) is 5.69 Å². The number of nitriles is 1. The van der Waals surface area contributed by atoms with Crippen molar-refractivity contribution in [1.82, 2.24) is 19.7 Å². The smallest absolute Gasteiger partial charge is 0.197 e. The molecule has 3 rings (SSSR count). The van der Waals surface area contributed by atoms with Crippen LogP contribution in [0.4, 0.5) is 0 Å². The highest BCUT2D eigenvalue weighted by Crippen LogP contribution is 2.30. The molecular weight excluding hydrogens is 322 g/mol. The number of halogens is 1. The first kappa shape index (κ1) is 14.6. The first-order valence-electron chi connectivity index (χ1n) is 6.28. The molecule has 3 aromatic rings. The van der Waals surface area contributed by atoms with Crippen LogP contribution in [0.25, 0.3) is 11.4 Å². The van der Waals surface area contributed by atoms with Gasteiger partial charge in [0.25, 0.3) is 0 Å². The van der Waals surface area contributed by atoms with Crippen molar-refractivity contribution in [2.75, 3.05) is 0 Å². The van der Waals surface area contributed by atoms with Crippen LogP contribution in [0.15, 0.2) is 39.1 Å². The molecule has 3 heterocycles. The third-order valence-electron chi connectivity index (χ3n) is 3.06. The summed E-state index contributed by atoms with van der Waals surface area (Å²) in [5.74, 6) is 1.49. The molecule has 0 unspecified atom stereocenters. The average molecular weight is 332 g/mol. The Hall–Kier alpha value is -2.30. The average Bonchev–Trinajstić information content (AvgIpc) is 3.08. The number of furan rings is 1. The predicted molar refractivity (Wildman–Crippen MR) is 81.5 cm³/mol. The third kappa shape index (κ3) is 2.58. The number of aryl methyl sites for hydroxylation is 1. The predicted octanol–water partition coefficient (Wildman–Crippen LogP) is 3.45. The van der Waals surface area contributed by atoms with Gasteiger partial charge >= 0.3 is 0 Å². The van der Waals surface area contributed by atoms with Crippen molar-refractivity contribution in [3.63, 3.8) is 0 Å². The number of nitrogens with zero attached hydrogens (tertiary/aromatic N) is 5. The zero-order valence-electron chi connectivity index (χ0n) is 11.7. The summed E-state index contributed by atoms with van der Waals surface area (Å²) in [5, 5.41) is 19.0. The molecule has 0 amide bonds. The number of pyridine rings is 1. The molecule has 0 aliphatic rings. The fourth-order valence-corrected chi connectivity index (χ4v) is 2.82. The van der Waals surface area contributed by atoms with E-state index in [1.54, 1.807) is 18.4 Å².